The van der Waals surface area contributed by atoms with Gasteiger partial charge in [-0.05, 0) is 41.2 Å². The van der Waals surface area contributed by atoms with Crippen LogP contribution in [0.2, 0.25) is 0 Å². The lowest BCUT2D eigenvalue weighted by atomic mass is 9.85. The van der Waals surface area contributed by atoms with Crippen molar-refractivity contribution in [1.29, 1.82) is 0 Å². The van der Waals surface area contributed by atoms with Crippen LogP contribution in [0.4, 0.5) is 0 Å². The fourth-order valence-electron chi connectivity index (χ4n) is 4.16. The summed E-state index contributed by atoms with van der Waals surface area (Å²) in [6.45, 7) is 6.34. The number of piperazine rings is 1. The Bertz CT molecular complexity index is 627. The van der Waals surface area contributed by atoms with Crippen LogP contribution in [0.5, 0.6) is 0 Å². The van der Waals surface area contributed by atoms with Crippen molar-refractivity contribution in [3.63, 3.8) is 0 Å². The Kier molecular flexibility index (Phi) is 4.60. The number of hydrogen-bond donors (Lipinski definition) is 1. The average Bonchev–Trinajstić information content (AvgIpc) is 2.64. The third-order valence-corrected chi connectivity index (χ3v) is 5.37. The monoisotopic (exact) mass is 310 g/mol. The molecule has 2 heterocycles. The molecule has 2 aliphatic rings. The number of hydrogen-bond acceptors (Lipinski definition) is 3. The van der Waals surface area contributed by atoms with E-state index in [4.69, 9.17) is 4.74 Å². The van der Waals surface area contributed by atoms with Crippen LogP contribution >= 0.6 is 0 Å². The number of ether oxygens (including phenoxy) is 1. The molecule has 0 radical (unpaired) electrons. The molecular formula is C20H26N2O. The minimum Gasteiger partial charge on any atom is -0.381 e. The topological polar surface area (TPSA) is 24.5 Å². The van der Waals surface area contributed by atoms with Crippen LogP contribution in [-0.4, -0.2) is 44.3 Å². The van der Waals surface area contributed by atoms with Gasteiger partial charge in [-0.1, -0.05) is 36.4 Å². The highest BCUT2D eigenvalue weighted by molar-refractivity contribution is 5.83. The molecule has 122 valence electrons. The first-order chi connectivity index (χ1) is 11.4. The molecule has 0 amide bonds. The van der Waals surface area contributed by atoms with Gasteiger partial charge in [-0.2, -0.15) is 0 Å². The standard InChI is InChI=1S/C20H26N2O/c1-2-4-18-15-19(6-5-16(18)3-1)20(17-7-13-23-14-8-17)22-11-9-21-10-12-22/h1-6,15,17,20-21H,7-14H2/t20-/m0/s1. The van der Waals surface area contributed by atoms with Gasteiger partial charge in [0, 0.05) is 45.4 Å². The van der Waals surface area contributed by atoms with Gasteiger partial charge in [0.05, 0.1) is 0 Å². The van der Waals surface area contributed by atoms with Crippen LogP contribution < -0.4 is 5.32 Å². The summed E-state index contributed by atoms with van der Waals surface area (Å²) in [7, 11) is 0. The van der Waals surface area contributed by atoms with Gasteiger partial charge in [0.2, 0.25) is 0 Å². The first-order valence-electron chi connectivity index (χ1n) is 8.93. The summed E-state index contributed by atoms with van der Waals surface area (Å²) in [5.74, 6) is 0.711. The number of rotatable bonds is 3. The first kappa shape index (κ1) is 15.1. The molecule has 2 aromatic carbocycles. The fourth-order valence-corrected chi connectivity index (χ4v) is 4.16. The lowest BCUT2D eigenvalue weighted by Gasteiger charge is -2.41. The normalized spacial score (nSPS) is 22.3. The maximum Gasteiger partial charge on any atom is 0.0469 e. The van der Waals surface area contributed by atoms with Gasteiger partial charge < -0.3 is 10.1 Å². The van der Waals surface area contributed by atoms with Crippen molar-refractivity contribution in [2.45, 2.75) is 18.9 Å². The highest BCUT2D eigenvalue weighted by Gasteiger charge is 2.31. The molecule has 0 spiro atoms. The molecule has 0 aliphatic carbocycles. The number of nitrogens with one attached hydrogen (secondary N) is 1. The Hall–Kier alpha value is -1.42. The van der Waals surface area contributed by atoms with E-state index >= 15 is 0 Å². The van der Waals surface area contributed by atoms with E-state index < -0.39 is 0 Å². The van der Waals surface area contributed by atoms with Gasteiger partial charge in [-0.3, -0.25) is 4.90 Å². The van der Waals surface area contributed by atoms with Gasteiger partial charge in [0.25, 0.3) is 0 Å². The van der Waals surface area contributed by atoms with E-state index in [9.17, 15) is 0 Å². The van der Waals surface area contributed by atoms with Gasteiger partial charge >= 0.3 is 0 Å². The molecule has 2 aliphatic heterocycles. The lowest BCUT2D eigenvalue weighted by molar-refractivity contribution is 0.0213. The molecule has 0 unspecified atom stereocenters. The van der Waals surface area contributed by atoms with Crippen LogP contribution in [0.3, 0.4) is 0 Å². The largest absolute Gasteiger partial charge is 0.381 e. The second-order valence-corrected chi connectivity index (χ2v) is 6.79. The summed E-state index contributed by atoms with van der Waals surface area (Å²) in [5, 5.41) is 6.18. The molecule has 0 saturated carbocycles. The molecule has 1 atom stereocenters. The predicted molar refractivity (Wildman–Crippen MR) is 94.7 cm³/mol. The summed E-state index contributed by atoms with van der Waals surface area (Å²) in [6, 6.07) is 16.3. The van der Waals surface area contributed by atoms with Crippen molar-refractivity contribution in [3.05, 3.63) is 48.0 Å². The molecule has 0 aromatic heterocycles. The quantitative estimate of drug-likeness (QED) is 0.942. The zero-order valence-corrected chi connectivity index (χ0v) is 13.7. The van der Waals surface area contributed by atoms with Crippen molar-refractivity contribution in [3.8, 4) is 0 Å². The highest BCUT2D eigenvalue weighted by atomic mass is 16.5. The Balaban J connectivity index is 1.69. The summed E-state index contributed by atoms with van der Waals surface area (Å²) in [5.41, 5.74) is 1.48. The maximum absolute atomic E-state index is 5.61. The van der Waals surface area contributed by atoms with Crippen LogP contribution in [0.15, 0.2) is 42.5 Å². The Morgan fingerprint density at radius 2 is 1.70 bits per heavy atom. The van der Waals surface area contributed by atoms with Crippen LogP contribution in [0.25, 0.3) is 10.8 Å². The fraction of sp³-hybridized carbons (Fsp3) is 0.500. The first-order valence-corrected chi connectivity index (χ1v) is 8.93. The third-order valence-electron chi connectivity index (χ3n) is 5.37. The Morgan fingerprint density at radius 1 is 0.957 bits per heavy atom. The van der Waals surface area contributed by atoms with E-state index in [0.29, 0.717) is 12.0 Å². The zero-order chi connectivity index (χ0) is 15.5. The molecule has 2 saturated heterocycles. The molecule has 3 nitrogen and oxygen atoms in total. The highest BCUT2D eigenvalue weighted by Crippen LogP contribution is 2.36. The summed E-state index contributed by atoms with van der Waals surface area (Å²) in [4.78, 5) is 2.69. The molecule has 2 fully saturated rings. The second kappa shape index (κ2) is 7.00. The summed E-state index contributed by atoms with van der Waals surface area (Å²) < 4.78 is 5.61. The Morgan fingerprint density at radius 3 is 2.48 bits per heavy atom. The molecule has 0 bridgehead atoms. The summed E-state index contributed by atoms with van der Waals surface area (Å²) >= 11 is 0. The number of nitrogens with zero attached hydrogens (tertiary/aromatic N) is 1. The van der Waals surface area contributed by atoms with Crippen molar-refractivity contribution < 1.29 is 4.74 Å². The van der Waals surface area contributed by atoms with Crippen molar-refractivity contribution in [2.24, 2.45) is 5.92 Å². The van der Waals surface area contributed by atoms with Crippen LogP contribution in [0.1, 0.15) is 24.4 Å². The molecule has 3 heteroatoms. The SMILES string of the molecule is c1ccc2cc([C@H](C3CCOCC3)N3CCNCC3)ccc2c1. The molecular weight excluding hydrogens is 284 g/mol. The zero-order valence-electron chi connectivity index (χ0n) is 13.7. The van der Waals surface area contributed by atoms with E-state index in [1.807, 2.05) is 0 Å². The minimum atomic E-state index is 0.533. The maximum atomic E-state index is 5.61. The number of fused-ring (bicyclic) bond motifs is 1. The molecule has 1 N–H and O–H groups in total. The van der Waals surface area contributed by atoms with E-state index in [2.05, 4.69) is 52.7 Å². The van der Waals surface area contributed by atoms with Gasteiger partial charge in [-0.25, -0.2) is 0 Å². The van der Waals surface area contributed by atoms with E-state index in [1.165, 1.54) is 29.2 Å². The summed E-state index contributed by atoms with van der Waals surface area (Å²) in [6.07, 6.45) is 2.36. The van der Waals surface area contributed by atoms with Gasteiger partial charge in [0.1, 0.15) is 0 Å². The Labute approximate surface area is 138 Å². The molecule has 23 heavy (non-hydrogen) atoms. The molecule has 2 aromatic rings. The van der Waals surface area contributed by atoms with Gasteiger partial charge in [-0.15, -0.1) is 0 Å². The molecule has 4 rings (SSSR count). The number of benzene rings is 2. The minimum absolute atomic E-state index is 0.533. The van der Waals surface area contributed by atoms with Gasteiger partial charge in [0.15, 0.2) is 0 Å². The van der Waals surface area contributed by atoms with E-state index in [0.717, 1.165) is 39.4 Å². The lowest BCUT2D eigenvalue weighted by Crippen LogP contribution is -2.47. The van der Waals surface area contributed by atoms with Crippen LogP contribution in [0, 0.1) is 5.92 Å². The van der Waals surface area contributed by atoms with Crippen LogP contribution in [-0.2, 0) is 4.74 Å². The van der Waals surface area contributed by atoms with Crippen molar-refractivity contribution in [2.75, 3.05) is 39.4 Å². The smallest absolute Gasteiger partial charge is 0.0469 e. The van der Waals surface area contributed by atoms with E-state index in [-0.39, 0.29) is 0 Å². The van der Waals surface area contributed by atoms with E-state index in [1.54, 1.807) is 0 Å². The average molecular weight is 310 g/mol. The predicted octanol–water partition coefficient (Wildman–Crippen LogP) is 3.21. The van der Waals surface area contributed by atoms with Crippen molar-refractivity contribution >= 4 is 10.8 Å². The third kappa shape index (κ3) is 3.27. The van der Waals surface area contributed by atoms with Crippen molar-refractivity contribution in [1.82, 2.24) is 10.2 Å². The second-order valence-electron chi connectivity index (χ2n) is 6.79.